The highest BCUT2D eigenvalue weighted by Crippen LogP contribution is 2.39. The minimum Gasteiger partial charge on any atom is -0.369 e. The second-order valence-corrected chi connectivity index (χ2v) is 5.17. The first-order valence-corrected chi connectivity index (χ1v) is 6.56. The number of carbonyl (C=O) groups is 1. The number of hydrogen-bond donors (Lipinski definition) is 2. The summed E-state index contributed by atoms with van der Waals surface area (Å²) in [6.45, 7) is 3.03. The summed E-state index contributed by atoms with van der Waals surface area (Å²) in [4.78, 5) is 13.6. The molecule has 1 unspecified atom stereocenters. The van der Waals surface area contributed by atoms with E-state index in [1.165, 1.54) is 12.1 Å². The van der Waals surface area contributed by atoms with E-state index in [1.807, 2.05) is 11.8 Å². The van der Waals surface area contributed by atoms with Crippen molar-refractivity contribution < 1.29 is 9.18 Å². The van der Waals surface area contributed by atoms with E-state index in [0.717, 1.165) is 18.5 Å². The molecule has 0 spiro atoms. The van der Waals surface area contributed by atoms with E-state index in [0.29, 0.717) is 13.1 Å². The van der Waals surface area contributed by atoms with Crippen molar-refractivity contribution in [2.45, 2.75) is 25.3 Å². The van der Waals surface area contributed by atoms with E-state index in [2.05, 4.69) is 0 Å². The van der Waals surface area contributed by atoms with Crippen molar-refractivity contribution in [3.8, 4) is 0 Å². The molecule has 1 amide bonds. The van der Waals surface area contributed by atoms with Crippen molar-refractivity contribution in [2.24, 2.45) is 17.4 Å². The van der Waals surface area contributed by atoms with Crippen molar-refractivity contribution in [2.75, 3.05) is 18.0 Å². The number of amides is 1. The highest BCUT2D eigenvalue weighted by molar-refractivity contribution is 5.86. The molecule has 4 N–H and O–H groups in total. The number of benzene rings is 1. The van der Waals surface area contributed by atoms with Crippen LogP contribution in [0.25, 0.3) is 0 Å². The summed E-state index contributed by atoms with van der Waals surface area (Å²) in [5.41, 5.74) is 11.5. The Morgan fingerprint density at radius 3 is 2.42 bits per heavy atom. The lowest BCUT2D eigenvalue weighted by molar-refractivity contribution is -0.123. The van der Waals surface area contributed by atoms with E-state index < -0.39 is 11.4 Å². The summed E-state index contributed by atoms with van der Waals surface area (Å²) in [5.74, 6) is -0.578. The third-order valence-electron chi connectivity index (χ3n) is 3.79. The van der Waals surface area contributed by atoms with Gasteiger partial charge in [-0.3, -0.25) is 4.79 Å². The maximum Gasteiger partial charge on any atom is 0.239 e. The van der Waals surface area contributed by atoms with Crippen molar-refractivity contribution in [1.29, 1.82) is 0 Å². The van der Waals surface area contributed by atoms with Gasteiger partial charge in [-0.2, -0.15) is 0 Å². The van der Waals surface area contributed by atoms with E-state index in [4.69, 9.17) is 11.5 Å². The van der Waals surface area contributed by atoms with E-state index in [-0.39, 0.29) is 11.7 Å². The lowest BCUT2D eigenvalue weighted by Crippen LogP contribution is -2.60. The maximum absolute atomic E-state index is 12.9. The Balaban J connectivity index is 2.18. The quantitative estimate of drug-likeness (QED) is 0.813. The van der Waals surface area contributed by atoms with Crippen LogP contribution in [0.2, 0.25) is 0 Å². The Hall–Kier alpha value is -1.62. The number of carbonyl (C=O) groups excluding carboxylic acids is 1. The molecule has 0 aliphatic heterocycles. The minimum absolute atomic E-state index is 0.166. The fraction of sp³-hybridized carbons (Fsp3) is 0.500. The number of halogens is 1. The fourth-order valence-corrected chi connectivity index (χ4v) is 2.36. The van der Waals surface area contributed by atoms with Gasteiger partial charge in [0, 0.05) is 18.8 Å². The predicted octanol–water partition coefficient (Wildman–Crippen LogP) is 1.24. The van der Waals surface area contributed by atoms with Crippen LogP contribution in [-0.2, 0) is 4.79 Å². The lowest BCUT2D eigenvalue weighted by Gasteiger charge is -2.34. The average molecular weight is 265 g/mol. The Kier molecular flexibility index (Phi) is 3.75. The largest absolute Gasteiger partial charge is 0.369 e. The van der Waals surface area contributed by atoms with Crippen LogP contribution in [-0.4, -0.2) is 24.5 Å². The van der Waals surface area contributed by atoms with Crippen LogP contribution >= 0.6 is 0 Å². The summed E-state index contributed by atoms with van der Waals surface area (Å²) in [6, 6.07) is 6.18. The maximum atomic E-state index is 12.9. The van der Waals surface area contributed by atoms with Crippen molar-refractivity contribution in [3.63, 3.8) is 0 Å². The van der Waals surface area contributed by atoms with Gasteiger partial charge in [0.15, 0.2) is 0 Å². The molecule has 0 aromatic heterocycles. The van der Waals surface area contributed by atoms with Gasteiger partial charge in [0.2, 0.25) is 5.91 Å². The molecular formula is C14H20FN3O. The van der Waals surface area contributed by atoms with Gasteiger partial charge in [-0.15, -0.1) is 0 Å². The van der Waals surface area contributed by atoms with Crippen molar-refractivity contribution >= 4 is 11.6 Å². The van der Waals surface area contributed by atoms with E-state index in [9.17, 15) is 9.18 Å². The topological polar surface area (TPSA) is 72.3 Å². The summed E-state index contributed by atoms with van der Waals surface area (Å²) in [7, 11) is 0. The second kappa shape index (κ2) is 5.17. The summed E-state index contributed by atoms with van der Waals surface area (Å²) >= 11 is 0. The van der Waals surface area contributed by atoms with Gasteiger partial charge in [-0.1, -0.05) is 0 Å². The SMILES string of the molecule is CCN(CC(N)(C(N)=O)C1CC1)c1ccc(F)cc1. The first-order valence-electron chi connectivity index (χ1n) is 6.56. The number of primary amides is 1. The van der Waals surface area contributed by atoms with Crippen LogP contribution in [0.3, 0.4) is 0 Å². The number of nitrogens with two attached hydrogens (primary N) is 2. The third kappa shape index (κ3) is 2.87. The van der Waals surface area contributed by atoms with Gasteiger partial charge in [-0.05, 0) is 49.9 Å². The van der Waals surface area contributed by atoms with Gasteiger partial charge in [-0.25, -0.2) is 4.39 Å². The molecule has 2 rings (SSSR count). The van der Waals surface area contributed by atoms with Crippen molar-refractivity contribution in [3.05, 3.63) is 30.1 Å². The van der Waals surface area contributed by atoms with Crippen LogP contribution in [0.4, 0.5) is 10.1 Å². The Morgan fingerprint density at radius 1 is 1.42 bits per heavy atom. The van der Waals surface area contributed by atoms with Crippen LogP contribution in [0.5, 0.6) is 0 Å². The molecule has 1 aliphatic rings. The molecule has 4 nitrogen and oxygen atoms in total. The van der Waals surface area contributed by atoms with Crippen LogP contribution in [0.1, 0.15) is 19.8 Å². The van der Waals surface area contributed by atoms with Gasteiger partial charge in [0.25, 0.3) is 0 Å². The number of nitrogens with zero attached hydrogens (tertiary/aromatic N) is 1. The van der Waals surface area contributed by atoms with E-state index in [1.54, 1.807) is 12.1 Å². The summed E-state index contributed by atoms with van der Waals surface area (Å²) in [6.07, 6.45) is 1.89. The van der Waals surface area contributed by atoms with Gasteiger partial charge < -0.3 is 16.4 Å². The summed E-state index contributed by atoms with van der Waals surface area (Å²) < 4.78 is 12.9. The van der Waals surface area contributed by atoms with Gasteiger partial charge >= 0.3 is 0 Å². The molecule has 0 heterocycles. The molecule has 104 valence electrons. The van der Waals surface area contributed by atoms with Crippen LogP contribution in [0, 0.1) is 11.7 Å². The Bertz CT molecular complexity index is 458. The first-order chi connectivity index (χ1) is 8.97. The zero-order chi connectivity index (χ0) is 14.0. The van der Waals surface area contributed by atoms with Crippen molar-refractivity contribution in [1.82, 2.24) is 0 Å². The molecule has 1 aromatic carbocycles. The molecule has 5 heteroatoms. The third-order valence-corrected chi connectivity index (χ3v) is 3.79. The highest BCUT2D eigenvalue weighted by atomic mass is 19.1. The molecule has 1 fully saturated rings. The molecule has 0 radical (unpaired) electrons. The summed E-state index contributed by atoms with van der Waals surface area (Å²) in [5, 5.41) is 0. The molecular weight excluding hydrogens is 245 g/mol. The average Bonchev–Trinajstić information content (AvgIpc) is 3.21. The van der Waals surface area contributed by atoms with Gasteiger partial charge in [0.05, 0.1) is 0 Å². The molecule has 19 heavy (non-hydrogen) atoms. The smallest absolute Gasteiger partial charge is 0.239 e. The molecule has 1 aliphatic carbocycles. The molecule has 1 aromatic rings. The van der Waals surface area contributed by atoms with Gasteiger partial charge in [0.1, 0.15) is 11.4 Å². The van der Waals surface area contributed by atoms with E-state index >= 15 is 0 Å². The number of likely N-dealkylation sites (N-methyl/N-ethyl adjacent to an activating group) is 1. The zero-order valence-electron chi connectivity index (χ0n) is 11.1. The molecule has 0 bridgehead atoms. The standard InChI is InChI=1S/C14H20FN3O/c1-2-18(12-7-5-11(15)6-8-12)9-14(17,13(16)19)10-3-4-10/h5-8,10H,2-4,9,17H2,1H3,(H2,16,19). The van der Waals surface area contributed by atoms with Crippen LogP contribution in [0.15, 0.2) is 24.3 Å². The molecule has 0 saturated heterocycles. The molecule has 1 atom stereocenters. The number of anilines is 1. The fourth-order valence-electron chi connectivity index (χ4n) is 2.36. The predicted molar refractivity (Wildman–Crippen MR) is 73.1 cm³/mol. The minimum atomic E-state index is -0.996. The van der Waals surface area contributed by atoms with Crippen LogP contribution < -0.4 is 16.4 Å². The monoisotopic (exact) mass is 265 g/mol. The molecule has 1 saturated carbocycles. The first kappa shape index (κ1) is 13.8. The second-order valence-electron chi connectivity index (χ2n) is 5.17. The number of rotatable bonds is 6. The zero-order valence-corrected chi connectivity index (χ0v) is 11.1. The number of hydrogen-bond acceptors (Lipinski definition) is 3. The highest BCUT2D eigenvalue weighted by Gasteiger charge is 2.47. The normalized spacial score (nSPS) is 17.8. The lowest BCUT2D eigenvalue weighted by atomic mass is 9.92. The Labute approximate surface area is 112 Å². The Morgan fingerprint density at radius 2 is 2.00 bits per heavy atom.